The van der Waals surface area contributed by atoms with E-state index in [0.717, 1.165) is 0 Å². The van der Waals surface area contributed by atoms with Gasteiger partial charge in [0.25, 0.3) is 0 Å². The quantitative estimate of drug-likeness (QED) is 0.886. The number of pyridine rings is 1. The molecule has 0 bridgehead atoms. The third-order valence-electron chi connectivity index (χ3n) is 3.33. The second-order valence-corrected chi connectivity index (χ2v) is 7.37. The Bertz CT molecular complexity index is 814. The molecule has 0 spiro atoms. The Labute approximate surface area is 119 Å². The van der Waals surface area contributed by atoms with Crippen molar-refractivity contribution in [1.29, 1.82) is 0 Å². The monoisotopic (exact) mass is 315 g/mol. The number of carbonyl (C=O) groups is 1. The van der Waals surface area contributed by atoms with Gasteiger partial charge in [-0.05, 0) is 12.5 Å². The third-order valence-corrected chi connectivity index (χ3v) is 5.38. The molecule has 1 aliphatic heterocycles. The maximum absolute atomic E-state index is 11.5. The highest BCUT2D eigenvalue weighted by Crippen LogP contribution is 2.29. The number of sulfone groups is 1. The molecule has 2 aromatic heterocycles. The van der Waals surface area contributed by atoms with Crippen LogP contribution >= 0.6 is 11.6 Å². The highest BCUT2D eigenvalue weighted by molar-refractivity contribution is 7.91. The number of fused-ring (bicyclic) bond motifs is 1. The van der Waals surface area contributed by atoms with Crippen molar-refractivity contribution in [3.63, 3.8) is 0 Å². The summed E-state index contributed by atoms with van der Waals surface area (Å²) in [6.45, 7) is 0. The summed E-state index contributed by atoms with van der Waals surface area (Å²) in [5, 5.41) is 17.1. The Morgan fingerprint density at radius 1 is 1.45 bits per heavy atom. The van der Waals surface area contributed by atoms with Crippen molar-refractivity contribution in [1.82, 2.24) is 14.6 Å². The predicted molar refractivity (Wildman–Crippen MR) is 71.0 cm³/mol. The number of aromatic nitrogens is 3. The fraction of sp³-hybridized carbons (Fsp3) is 0.364. The Morgan fingerprint density at radius 3 is 2.80 bits per heavy atom. The lowest BCUT2D eigenvalue weighted by Crippen LogP contribution is -2.08. The van der Waals surface area contributed by atoms with Gasteiger partial charge < -0.3 is 5.11 Å². The van der Waals surface area contributed by atoms with Crippen LogP contribution in [-0.2, 0) is 9.84 Å². The number of halogens is 1. The maximum Gasteiger partial charge on any atom is 0.337 e. The summed E-state index contributed by atoms with van der Waals surface area (Å²) in [6, 6.07) is 1.29. The van der Waals surface area contributed by atoms with Crippen LogP contribution in [0.25, 0.3) is 5.65 Å². The summed E-state index contributed by atoms with van der Waals surface area (Å²) in [5.41, 5.74) is 0.334. The summed E-state index contributed by atoms with van der Waals surface area (Å²) in [6.07, 6.45) is 1.82. The molecular formula is C11H10ClN3O4S. The van der Waals surface area contributed by atoms with E-state index in [1.807, 2.05) is 0 Å². The van der Waals surface area contributed by atoms with E-state index in [0.29, 0.717) is 17.9 Å². The van der Waals surface area contributed by atoms with Gasteiger partial charge in [-0.1, -0.05) is 11.6 Å². The Morgan fingerprint density at radius 2 is 2.20 bits per heavy atom. The van der Waals surface area contributed by atoms with Crippen molar-refractivity contribution in [3.05, 3.63) is 28.7 Å². The summed E-state index contributed by atoms with van der Waals surface area (Å²) >= 11 is 5.98. The molecule has 1 unspecified atom stereocenters. The summed E-state index contributed by atoms with van der Waals surface area (Å²) in [5.74, 6) is -0.851. The fourth-order valence-corrected chi connectivity index (χ4v) is 4.35. The van der Waals surface area contributed by atoms with Gasteiger partial charge in [0.05, 0.1) is 22.1 Å². The highest BCUT2D eigenvalue weighted by Gasteiger charge is 2.32. The Kier molecular flexibility index (Phi) is 2.94. The van der Waals surface area contributed by atoms with Crippen molar-refractivity contribution in [2.24, 2.45) is 0 Å². The molecule has 0 aromatic carbocycles. The molecule has 1 saturated heterocycles. The molecule has 2 aromatic rings. The molecule has 0 saturated carbocycles. The second-order valence-electron chi connectivity index (χ2n) is 4.73. The first-order valence-electron chi connectivity index (χ1n) is 5.85. The number of carboxylic acid groups (broad SMARTS) is 1. The van der Waals surface area contributed by atoms with Crippen LogP contribution in [0.1, 0.15) is 28.5 Å². The van der Waals surface area contributed by atoms with E-state index < -0.39 is 15.8 Å². The molecule has 20 heavy (non-hydrogen) atoms. The van der Waals surface area contributed by atoms with Crippen LogP contribution < -0.4 is 0 Å². The lowest BCUT2D eigenvalue weighted by atomic mass is 10.1. The first-order chi connectivity index (χ1) is 9.37. The van der Waals surface area contributed by atoms with Crippen LogP contribution in [-0.4, -0.2) is 45.6 Å². The molecule has 9 heteroatoms. The van der Waals surface area contributed by atoms with E-state index in [4.69, 9.17) is 16.7 Å². The minimum Gasteiger partial charge on any atom is -0.478 e. The first kappa shape index (κ1) is 13.3. The molecule has 1 N–H and O–H groups in total. The second kappa shape index (κ2) is 4.42. The Balaban J connectivity index is 2.15. The molecule has 3 heterocycles. The van der Waals surface area contributed by atoms with Gasteiger partial charge in [-0.2, -0.15) is 0 Å². The topological polar surface area (TPSA) is 102 Å². The minimum atomic E-state index is -3.06. The molecule has 7 nitrogen and oxygen atoms in total. The molecule has 1 atom stereocenters. The summed E-state index contributed by atoms with van der Waals surface area (Å²) < 4.78 is 24.5. The molecule has 1 fully saturated rings. The van der Waals surface area contributed by atoms with Crippen LogP contribution in [0.5, 0.6) is 0 Å². The van der Waals surface area contributed by atoms with Gasteiger partial charge in [-0.25, -0.2) is 13.2 Å². The zero-order chi connectivity index (χ0) is 14.5. The van der Waals surface area contributed by atoms with E-state index in [9.17, 15) is 13.2 Å². The molecule has 0 aliphatic carbocycles. The van der Waals surface area contributed by atoms with Crippen molar-refractivity contribution in [2.75, 3.05) is 11.5 Å². The van der Waals surface area contributed by atoms with Gasteiger partial charge in [0.2, 0.25) is 0 Å². The standard InChI is InChI=1S/C11H10ClN3O4S/c12-8-3-7(11(16)17)4-15-9(13-14-10(8)15)6-1-2-20(18,19)5-6/h3-4,6H,1-2,5H2,(H,16,17). The van der Waals surface area contributed by atoms with Gasteiger partial charge in [0.15, 0.2) is 15.5 Å². The first-order valence-corrected chi connectivity index (χ1v) is 8.05. The van der Waals surface area contributed by atoms with E-state index in [-0.39, 0.29) is 28.0 Å². The van der Waals surface area contributed by atoms with Crippen LogP contribution in [0.4, 0.5) is 0 Å². The van der Waals surface area contributed by atoms with Gasteiger partial charge in [0.1, 0.15) is 5.82 Å². The molecule has 0 radical (unpaired) electrons. The SMILES string of the molecule is O=C(O)c1cc(Cl)c2nnc(C3CCS(=O)(=O)C3)n2c1. The van der Waals surface area contributed by atoms with Crippen LogP contribution in [0.15, 0.2) is 12.3 Å². The van der Waals surface area contributed by atoms with Gasteiger partial charge in [0, 0.05) is 12.1 Å². The summed E-state index contributed by atoms with van der Waals surface area (Å²) in [4.78, 5) is 11.0. The number of carboxylic acids is 1. The van der Waals surface area contributed by atoms with Gasteiger partial charge >= 0.3 is 5.97 Å². The van der Waals surface area contributed by atoms with Crippen LogP contribution in [0.2, 0.25) is 5.02 Å². The maximum atomic E-state index is 11.5. The number of nitrogens with zero attached hydrogens (tertiary/aromatic N) is 3. The average Bonchev–Trinajstić information content (AvgIpc) is 2.92. The lowest BCUT2D eigenvalue weighted by Gasteiger charge is -2.06. The van der Waals surface area contributed by atoms with Gasteiger partial charge in [-0.3, -0.25) is 4.40 Å². The molecular weight excluding hydrogens is 306 g/mol. The molecule has 106 valence electrons. The van der Waals surface area contributed by atoms with Crippen molar-refractivity contribution in [2.45, 2.75) is 12.3 Å². The third kappa shape index (κ3) is 2.14. The lowest BCUT2D eigenvalue weighted by molar-refractivity contribution is 0.0696. The number of rotatable bonds is 2. The highest BCUT2D eigenvalue weighted by atomic mass is 35.5. The predicted octanol–water partition coefficient (Wildman–Crippen LogP) is 0.983. The van der Waals surface area contributed by atoms with Crippen LogP contribution in [0.3, 0.4) is 0 Å². The molecule has 3 rings (SSSR count). The Hall–Kier alpha value is -1.67. The van der Waals surface area contributed by atoms with E-state index in [1.165, 1.54) is 16.7 Å². The molecule has 1 aliphatic rings. The van der Waals surface area contributed by atoms with Gasteiger partial charge in [-0.15, -0.1) is 10.2 Å². The number of hydrogen-bond donors (Lipinski definition) is 1. The zero-order valence-corrected chi connectivity index (χ0v) is 11.7. The number of hydrogen-bond acceptors (Lipinski definition) is 5. The van der Waals surface area contributed by atoms with Crippen molar-refractivity contribution < 1.29 is 18.3 Å². The van der Waals surface area contributed by atoms with Crippen molar-refractivity contribution in [3.8, 4) is 0 Å². The van der Waals surface area contributed by atoms with Crippen molar-refractivity contribution >= 4 is 33.1 Å². The summed E-state index contributed by atoms with van der Waals surface area (Å²) in [7, 11) is -3.06. The largest absolute Gasteiger partial charge is 0.478 e. The normalized spacial score (nSPS) is 21.4. The van der Waals surface area contributed by atoms with E-state index in [1.54, 1.807) is 0 Å². The average molecular weight is 316 g/mol. The van der Waals surface area contributed by atoms with Crippen LogP contribution in [0, 0.1) is 0 Å². The number of aromatic carboxylic acids is 1. The van der Waals surface area contributed by atoms with E-state index in [2.05, 4.69) is 10.2 Å². The zero-order valence-electron chi connectivity index (χ0n) is 10.2. The smallest absolute Gasteiger partial charge is 0.337 e. The van der Waals surface area contributed by atoms with E-state index >= 15 is 0 Å². The minimum absolute atomic E-state index is 0.00269. The molecule has 0 amide bonds. The fourth-order valence-electron chi connectivity index (χ4n) is 2.36.